The number of nitrogens with two attached hydrogens (primary N) is 1. The molecule has 2 aromatic heterocycles. The monoisotopic (exact) mass is 448 g/mol. The minimum absolute atomic E-state index is 0.0515. The Morgan fingerprint density at radius 1 is 1.40 bits per heavy atom. The van der Waals surface area contributed by atoms with Crippen molar-refractivity contribution in [3.63, 3.8) is 0 Å². The third kappa shape index (κ3) is 6.51. The number of alkyl halides is 3. The summed E-state index contributed by atoms with van der Waals surface area (Å²) in [6.45, 7) is 2.77. The fourth-order valence-corrected chi connectivity index (χ4v) is 2.69. The number of esters is 1. The Balaban J connectivity index is 0.000000386. The normalized spacial score (nSPS) is 16.4. The fourth-order valence-electron chi connectivity index (χ4n) is 2.49. The number of anilines is 1. The average Bonchev–Trinajstić information content (AvgIpc) is 2.70. The molecule has 0 bridgehead atoms. The average molecular weight is 449 g/mol. The van der Waals surface area contributed by atoms with Crippen LogP contribution in [0.5, 0.6) is 0 Å². The summed E-state index contributed by atoms with van der Waals surface area (Å²) in [5, 5.41) is 8.84. The Labute approximate surface area is 175 Å². The molecule has 0 aromatic carbocycles. The maximum Gasteiger partial charge on any atom is 0.434 e. The molecule has 3 heterocycles. The summed E-state index contributed by atoms with van der Waals surface area (Å²) < 4.78 is 48.5. The summed E-state index contributed by atoms with van der Waals surface area (Å²) in [4.78, 5) is 22.6. The maximum absolute atomic E-state index is 13.0. The molecule has 8 nitrogen and oxygen atoms in total. The second-order valence-corrected chi connectivity index (χ2v) is 6.54. The first-order valence-electron chi connectivity index (χ1n) is 8.92. The van der Waals surface area contributed by atoms with Gasteiger partial charge >= 0.3 is 12.1 Å². The highest BCUT2D eigenvalue weighted by Gasteiger charge is 2.38. The van der Waals surface area contributed by atoms with Gasteiger partial charge in [0, 0.05) is 18.4 Å². The molecule has 1 fully saturated rings. The number of aromatic nitrogens is 3. The van der Waals surface area contributed by atoms with Gasteiger partial charge in [-0.3, -0.25) is 4.98 Å². The van der Waals surface area contributed by atoms with E-state index in [1.165, 1.54) is 13.1 Å². The lowest BCUT2D eigenvalue weighted by Crippen LogP contribution is -2.21. The Morgan fingerprint density at radius 2 is 2.13 bits per heavy atom. The van der Waals surface area contributed by atoms with Crippen LogP contribution in [0.15, 0.2) is 18.5 Å². The van der Waals surface area contributed by atoms with Crippen molar-refractivity contribution >= 4 is 23.5 Å². The van der Waals surface area contributed by atoms with Crippen LogP contribution in [0.3, 0.4) is 0 Å². The molecule has 12 heteroatoms. The molecule has 3 rings (SSSR count). The minimum Gasteiger partial charge on any atom is -0.462 e. The van der Waals surface area contributed by atoms with Crippen LogP contribution in [-0.4, -0.2) is 52.0 Å². The van der Waals surface area contributed by atoms with Gasteiger partial charge in [0.15, 0.2) is 5.69 Å². The van der Waals surface area contributed by atoms with Gasteiger partial charge in [0.05, 0.1) is 41.8 Å². The van der Waals surface area contributed by atoms with E-state index in [9.17, 15) is 18.0 Å². The number of ether oxygens (including phenoxy) is 2. The Hall–Kier alpha value is -2.50. The van der Waals surface area contributed by atoms with E-state index in [1.54, 1.807) is 0 Å². The lowest BCUT2D eigenvalue weighted by Gasteiger charge is -2.15. The van der Waals surface area contributed by atoms with Gasteiger partial charge in [-0.2, -0.15) is 13.2 Å². The van der Waals surface area contributed by atoms with Crippen LogP contribution in [-0.2, 0) is 15.7 Å². The molecular formula is C18H20ClF3N4O4. The molecule has 3 N–H and O–H groups in total. The number of hydrogen-bond acceptors (Lipinski definition) is 8. The van der Waals surface area contributed by atoms with Gasteiger partial charge in [-0.15, -0.1) is 0 Å². The molecular weight excluding hydrogens is 429 g/mol. The van der Waals surface area contributed by atoms with Gasteiger partial charge in [-0.05, 0) is 25.8 Å². The van der Waals surface area contributed by atoms with Crippen LogP contribution in [0.4, 0.5) is 19.1 Å². The van der Waals surface area contributed by atoms with Gasteiger partial charge in [0.25, 0.3) is 0 Å². The van der Waals surface area contributed by atoms with Gasteiger partial charge in [0.2, 0.25) is 5.95 Å². The Kier molecular flexibility index (Phi) is 8.33. The zero-order valence-electron chi connectivity index (χ0n) is 15.9. The van der Waals surface area contributed by atoms with Crippen molar-refractivity contribution in [2.45, 2.75) is 32.0 Å². The van der Waals surface area contributed by atoms with E-state index in [0.29, 0.717) is 6.61 Å². The number of halogens is 4. The number of pyridine rings is 1. The second-order valence-electron chi connectivity index (χ2n) is 6.13. The van der Waals surface area contributed by atoms with Crippen LogP contribution < -0.4 is 5.73 Å². The number of nitrogen functional groups attached to an aromatic ring is 1. The molecule has 0 radical (unpaired) electrons. The number of aliphatic hydroxyl groups is 1. The van der Waals surface area contributed by atoms with Crippen molar-refractivity contribution in [1.82, 2.24) is 15.0 Å². The van der Waals surface area contributed by atoms with E-state index in [-0.39, 0.29) is 34.9 Å². The molecule has 0 saturated carbocycles. The Morgan fingerprint density at radius 3 is 2.67 bits per heavy atom. The molecule has 0 amide bonds. The quantitative estimate of drug-likeness (QED) is 0.687. The number of aliphatic hydroxyl groups excluding tert-OH is 1. The van der Waals surface area contributed by atoms with Crippen molar-refractivity contribution in [3.05, 3.63) is 34.7 Å². The van der Waals surface area contributed by atoms with Gasteiger partial charge in [-0.25, -0.2) is 14.8 Å². The number of rotatable bonds is 3. The van der Waals surface area contributed by atoms with Crippen molar-refractivity contribution < 1.29 is 32.5 Å². The van der Waals surface area contributed by atoms with E-state index in [0.717, 1.165) is 31.7 Å². The molecule has 30 heavy (non-hydrogen) atoms. The van der Waals surface area contributed by atoms with Crippen molar-refractivity contribution in [2.75, 3.05) is 25.6 Å². The van der Waals surface area contributed by atoms with Gasteiger partial charge in [0.1, 0.15) is 0 Å². The van der Waals surface area contributed by atoms with Crippen LogP contribution in [0.2, 0.25) is 5.02 Å². The largest absolute Gasteiger partial charge is 0.462 e. The first-order valence-corrected chi connectivity index (χ1v) is 9.29. The predicted molar refractivity (Wildman–Crippen MR) is 102 cm³/mol. The van der Waals surface area contributed by atoms with E-state index in [2.05, 4.69) is 19.7 Å². The molecule has 1 aliphatic rings. The molecule has 0 aliphatic carbocycles. The molecule has 1 saturated heterocycles. The zero-order valence-corrected chi connectivity index (χ0v) is 16.7. The highest BCUT2D eigenvalue weighted by atomic mass is 35.5. The first-order chi connectivity index (χ1) is 14.1. The van der Waals surface area contributed by atoms with Crippen molar-refractivity contribution in [2.24, 2.45) is 0 Å². The molecule has 1 unspecified atom stereocenters. The second kappa shape index (κ2) is 10.5. The number of carbonyl (C=O) groups excluding carboxylic acids is 1. The third-order valence-electron chi connectivity index (χ3n) is 3.82. The lowest BCUT2D eigenvalue weighted by atomic mass is 10.1. The summed E-state index contributed by atoms with van der Waals surface area (Å²) in [7, 11) is 0. The molecule has 0 spiro atoms. The van der Waals surface area contributed by atoms with E-state index in [1.807, 2.05) is 0 Å². The minimum atomic E-state index is -4.81. The summed E-state index contributed by atoms with van der Waals surface area (Å²) in [6, 6.07) is 0.960. The Bertz CT molecular complexity index is 877. The molecule has 1 atom stereocenters. The summed E-state index contributed by atoms with van der Waals surface area (Å²) >= 11 is 5.91. The lowest BCUT2D eigenvalue weighted by molar-refractivity contribution is -0.141. The summed E-state index contributed by atoms with van der Waals surface area (Å²) in [5.41, 5.74) is 3.50. The number of hydrogen-bond donors (Lipinski definition) is 2. The molecule has 164 valence electrons. The predicted octanol–water partition coefficient (Wildman–Crippen LogP) is 3.13. The number of carbonyl (C=O) groups is 1. The highest BCUT2D eigenvalue weighted by molar-refractivity contribution is 6.32. The van der Waals surface area contributed by atoms with E-state index < -0.39 is 23.4 Å². The smallest absolute Gasteiger partial charge is 0.434 e. The van der Waals surface area contributed by atoms with Crippen molar-refractivity contribution in [1.29, 1.82) is 0 Å². The van der Waals surface area contributed by atoms with Gasteiger partial charge < -0.3 is 20.3 Å². The van der Waals surface area contributed by atoms with Crippen LogP contribution in [0.25, 0.3) is 11.3 Å². The van der Waals surface area contributed by atoms with Crippen LogP contribution >= 0.6 is 11.6 Å². The maximum atomic E-state index is 13.0. The molecule has 1 aliphatic heterocycles. The standard InChI is InChI=1S/C13H10ClF3N4O2.C5H10O2/c1-2-23-11(22)7-3-6(4-19-10(7)13(15,16)17)9-8(14)5-20-12(18)21-9;6-5-2-1-3-7-4-5/h3-5H,2H2,1H3,(H2,18,20,21);5-6H,1-4H2. The summed E-state index contributed by atoms with van der Waals surface area (Å²) in [5.74, 6) is -1.27. The van der Waals surface area contributed by atoms with Crippen LogP contribution in [0.1, 0.15) is 35.8 Å². The highest BCUT2D eigenvalue weighted by Crippen LogP contribution is 2.34. The molecule has 2 aromatic rings. The van der Waals surface area contributed by atoms with Crippen molar-refractivity contribution in [3.8, 4) is 11.3 Å². The topological polar surface area (TPSA) is 120 Å². The third-order valence-corrected chi connectivity index (χ3v) is 4.10. The van der Waals surface area contributed by atoms with E-state index >= 15 is 0 Å². The van der Waals surface area contributed by atoms with Crippen LogP contribution in [0, 0.1) is 0 Å². The SMILES string of the molecule is CCOC(=O)c1cc(-c2nc(N)ncc2Cl)cnc1C(F)(F)F.OC1CCCOC1. The zero-order chi connectivity index (χ0) is 22.3. The first kappa shape index (κ1) is 23.8. The summed E-state index contributed by atoms with van der Waals surface area (Å²) in [6.07, 6.45) is -0.968. The van der Waals surface area contributed by atoms with E-state index in [4.69, 9.17) is 27.2 Å². The fraction of sp³-hybridized carbons (Fsp3) is 0.444. The number of nitrogens with zero attached hydrogens (tertiary/aromatic N) is 3. The van der Waals surface area contributed by atoms with Gasteiger partial charge in [-0.1, -0.05) is 11.6 Å².